The average molecular weight is 563 g/mol. The largest absolute Gasteiger partial charge is 0.388 e. The summed E-state index contributed by atoms with van der Waals surface area (Å²) in [5.74, 6) is 1.54. The van der Waals surface area contributed by atoms with Crippen LogP contribution in [0, 0.1) is 6.92 Å². The molecule has 4 N–H and O–H groups in total. The Bertz CT molecular complexity index is 2090. The number of hydrogen-bond donors (Lipinski definition) is 4. The van der Waals surface area contributed by atoms with E-state index in [0.29, 0.717) is 5.56 Å². The number of nitrogens with one attached hydrogen (secondary N) is 4. The third-order valence-corrected chi connectivity index (χ3v) is 7.75. The lowest BCUT2D eigenvalue weighted by Gasteiger charge is -2.08. The zero-order chi connectivity index (χ0) is 29.3. The SMILES string of the molecule is CNc1ccc(-c2nc3ccc(Cc4ccc5nc(-c6ccc(NC(=O)c7ccccc7C)cc6)[nH]c5c4)cc3[nH]2)cc1. The highest BCUT2D eigenvalue weighted by atomic mass is 16.1. The first-order chi connectivity index (χ1) is 21.0. The Kier molecular flexibility index (Phi) is 6.68. The number of benzene rings is 5. The third kappa shape index (κ3) is 5.36. The van der Waals surface area contributed by atoms with Gasteiger partial charge in [-0.05, 0) is 109 Å². The van der Waals surface area contributed by atoms with Gasteiger partial charge in [0.1, 0.15) is 11.6 Å². The molecule has 7 heteroatoms. The van der Waals surface area contributed by atoms with Crippen LogP contribution in [0.4, 0.5) is 11.4 Å². The minimum Gasteiger partial charge on any atom is -0.388 e. The molecule has 0 saturated carbocycles. The minimum atomic E-state index is -0.117. The van der Waals surface area contributed by atoms with Crippen molar-refractivity contribution in [1.82, 2.24) is 19.9 Å². The summed E-state index contributed by atoms with van der Waals surface area (Å²) in [4.78, 5) is 29.2. The molecule has 0 aliphatic rings. The standard InChI is InChI=1S/C36H30N6O/c1-22-5-3-4-6-29(22)36(43)38-28-15-11-26(12-16-28)35-40-31-18-8-24(21-33(31)42-35)19-23-7-17-30-32(20-23)41-34(39-30)25-9-13-27(37-2)14-10-25/h3-18,20-21,37H,19H2,1-2H3,(H,38,43)(H,39,41)(H,40,42). The van der Waals surface area contributed by atoms with E-state index in [2.05, 4.69) is 69.1 Å². The summed E-state index contributed by atoms with van der Waals surface area (Å²) < 4.78 is 0. The number of fused-ring (bicyclic) bond motifs is 2. The fourth-order valence-corrected chi connectivity index (χ4v) is 5.37. The number of H-pyrrole nitrogens is 2. The topological polar surface area (TPSA) is 98.5 Å². The number of aryl methyl sites for hydroxylation is 1. The monoisotopic (exact) mass is 562 g/mol. The van der Waals surface area contributed by atoms with Gasteiger partial charge in [-0.3, -0.25) is 4.79 Å². The Morgan fingerprint density at radius 2 is 1.21 bits per heavy atom. The molecule has 7 rings (SSSR count). The summed E-state index contributed by atoms with van der Waals surface area (Å²) in [6.45, 7) is 1.93. The second kappa shape index (κ2) is 10.9. The molecule has 0 saturated heterocycles. The van der Waals surface area contributed by atoms with Gasteiger partial charge in [0, 0.05) is 35.1 Å². The van der Waals surface area contributed by atoms with Crippen LogP contribution in [0.1, 0.15) is 27.0 Å². The number of carbonyl (C=O) groups excluding carboxylic acids is 1. The zero-order valence-electron chi connectivity index (χ0n) is 23.9. The van der Waals surface area contributed by atoms with Crippen LogP contribution in [-0.2, 0) is 6.42 Å². The summed E-state index contributed by atoms with van der Waals surface area (Å²) in [6.07, 6.45) is 0.792. The summed E-state index contributed by atoms with van der Waals surface area (Å²) in [6, 6.07) is 36.3. The van der Waals surface area contributed by atoms with Crippen LogP contribution in [0.15, 0.2) is 109 Å². The van der Waals surface area contributed by atoms with Gasteiger partial charge in [0.2, 0.25) is 0 Å². The summed E-state index contributed by atoms with van der Waals surface area (Å²) in [5, 5.41) is 6.13. The Hall–Kier alpha value is -5.69. The van der Waals surface area contributed by atoms with Crippen molar-refractivity contribution in [2.24, 2.45) is 0 Å². The number of carbonyl (C=O) groups is 1. The molecule has 7 aromatic rings. The molecular weight excluding hydrogens is 532 g/mol. The van der Waals surface area contributed by atoms with Gasteiger partial charge in [0.05, 0.1) is 22.1 Å². The Labute approximate surface area is 249 Å². The highest BCUT2D eigenvalue weighted by molar-refractivity contribution is 6.05. The highest BCUT2D eigenvalue weighted by Gasteiger charge is 2.11. The maximum Gasteiger partial charge on any atom is 0.255 e. The number of amides is 1. The molecule has 1 amide bonds. The van der Waals surface area contributed by atoms with Crippen molar-refractivity contribution in [3.05, 3.63) is 131 Å². The van der Waals surface area contributed by atoms with Crippen LogP contribution in [0.2, 0.25) is 0 Å². The Balaban J connectivity index is 1.07. The van der Waals surface area contributed by atoms with Gasteiger partial charge in [-0.25, -0.2) is 9.97 Å². The van der Waals surface area contributed by atoms with Gasteiger partial charge in [-0.2, -0.15) is 0 Å². The number of imidazole rings is 2. The normalized spacial score (nSPS) is 11.2. The molecule has 0 unspecified atom stereocenters. The Morgan fingerprint density at radius 1 is 0.674 bits per heavy atom. The number of nitrogens with zero attached hydrogens (tertiary/aromatic N) is 2. The van der Waals surface area contributed by atoms with Crippen molar-refractivity contribution in [1.29, 1.82) is 0 Å². The van der Waals surface area contributed by atoms with Crippen molar-refractivity contribution in [2.45, 2.75) is 13.3 Å². The van der Waals surface area contributed by atoms with Gasteiger partial charge in [0.25, 0.3) is 5.91 Å². The smallest absolute Gasteiger partial charge is 0.255 e. The van der Waals surface area contributed by atoms with Crippen molar-refractivity contribution in [3.63, 3.8) is 0 Å². The third-order valence-electron chi connectivity index (χ3n) is 7.75. The molecule has 0 bridgehead atoms. The molecule has 0 spiro atoms. The Morgan fingerprint density at radius 3 is 1.74 bits per heavy atom. The van der Waals surface area contributed by atoms with Crippen LogP contribution in [0.3, 0.4) is 0 Å². The predicted octanol–water partition coefficient (Wildman–Crippen LogP) is 7.97. The maximum atomic E-state index is 12.7. The molecule has 7 nitrogen and oxygen atoms in total. The van der Waals surface area contributed by atoms with Crippen LogP contribution < -0.4 is 10.6 Å². The molecular formula is C36H30N6O. The predicted molar refractivity (Wildman–Crippen MR) is 175 cm³/mol. The van der Waals surface area contributed by atoms with Crippen molar-refractivity contribution >= 4 is 39.3 Å². The molecule has 2 heterocycles. The van der Waals surface area contributed by atoms with Crippen LogP contribution >= 0.6 is 0 Å². The number of anilines is 2. The highest BCUT2D eigenvalue weighted by Crippen LogP contribution is 2.26. The summed E-state index contributed by atoms with van der Waals surface area (Å²) in [5.41, 5.74) is 11.7. The first kappa shape index (κ1) is 26.2. The van der Waals surface area contributed by atoms with Gasteiger partial charge in [-0.15, -0.1) is 0 Å². The number of aromatic nitrogens is 4. The second-order valence-electron chi connectivity index (χ2n) is 10.7. The number of hydrogen-bond acceptors (Lipinski definition) is 4. The molecule has 5 aromatic carbocycles. The first-order valence-corrected chi connectivity index (χ1v) is 14.3. The number of aromatic amines is 2. The molecule has 0 aliphatic carbocycles. The lowest BCUT2D eigenvalue weighted by atomic mass is 10.0. The molecule has 0 aliphatic heterocycles. The molecule has 0 atom stereocenters. The van der Waals surface area contributed by atoms with Gasteiger partial charge in [-0.1, -0.05) is 30.3 Å². The van der Waals surface area contributed by atoms with E-state index in [1.165, 1.54) is 11.1 Å². The fraction of sp³-hybridized carbons (Fsp3) is 0.0833. The van der Waals surface area contributed by atoms with E-state index in [0.717, 1.165) is 68.2 Å². The fourth-order valence-electron chi connectivity index (χ4n) is 5.37. The molecule has 0 fully saturated rings. The minimum absolute atomic E-state index is 0.117. The van der Waals surface area contributed by atoms with E-state index >= 15 is 0 Å². The zero-order valence-corrected chi connectivity index (χ0v) is 23.9. The molecule has 2 aromatic heterocycles. The quantitative estimate of drug-likeness (QED) is 0.158. The van der Waals surface area contributed by atoms with Gasteiger partial charge >= 0.3 is 0 Å². The van der Waals surface area contributed by atoms with E-state index < -0.39 is 0 Å². The average Bonchev–Trinajstić information content (AvgIpc) is 3.66. The molecule has 210 valence electrons. The van der Waals surface area contributed by atoms with E-state index in [1.807, 2.05) is 74.6 Å². The summed E-state index contributed by atoms with van der Waals surface area (Å²) >= 11 is 0. The van der Waals surface area contributed by atoms with Gasteiger partial charge in [0.15, 0.2) is 0 Å². The second-order valence-corrected chi connectivity index (χ2v) is 10.7. The van der Waals surface area contributed by atoms with Crippen molar-refractivity contribution in [2.75, 3.05) is 17.7 Å². The van der Waals surface area contributed by atoms with Crippen LogP contribution in [-0.4, -0.2) is 32.9 Å². The van der Waals surface area contributed by atoms with Crippen molar-refractivity contribution < 1.29 is 4.79 Å². The lowest BCUT2D eigenvalue weighted by Crippen LogP contribution is -2.13. The van der Waals surface area contributed by atoms with Crippen LogP contribution in [0.5, 0.6) is 0 Å². The summed E-state index contributed by atoms with van der Waals surface area (Å²) in [7, 11) is 1.91. The molecule has 43 heavy (non-hydrogen) atoms. The first-order valence-electron chi connectivity index (χ1n) is 14.3. The maximum absolute atomic E-state index is 12.7. The van der Waals surface area contributed by atoms with E-state index in [4.69, 9.17) is 9.97 Å². The van der Waals surface area contributed by atoms with E-state index in [-0.39, 0.29) is 5.91 Å². The molecule has 0 radical (unpaired) electrons. The van der Waals surface area contributed by atoms with Crippen molar-refractivity contribution in [3.8, 4) is 22.8 Å². The number of rotatable bonds is 7. The van der Waals surface area contributed by atoms with E-state index in [1.54, 1.807) is 0 Å². The van der Waals surface area contributed by atoms with E-state index in [9.17, 15) is 4.79 Å². The van der Waals surface area contributed by atoms with Gasteiger partial charge < -0.3 is 20.6 Å². The van der Waals surface area contributed by atoms with Crippen LogP contribution in [0.25, 0.3) is 44.8 Å². The lowest BCUT2D eigenvalue weighted by molar-refractivity contribution is 0.102.